The number of anilines is 1. The minimum Gasteiger partial charge on any atom is -0.361 e. The molecule has 2 aliphatic rings. The van der Waals surface area contributed by atoms with Gasteiger partial charge in [-0.05, 0) is 51.2 Å². The Morgan fingerprint density at radius 1 is 1.30 bits per heavy atom. The maximum atomic E-state index is 14.4. The van der Waals surface area contributed by atoms with E-state index in [2.05, 4.69) is 12.2 Å². The number of benzene rings is 1. The first-order chi connectivity index (χ1) is 9.42. The summed E-state index contributed by atoms with van der Waals surface area (Å²) in [4.78, 5) is 1.91. The average molecular weight is 280 g/mol. The van der Waals surface area contributed by atoms with Gasteiger partial charge in [-0.1, -0.05) is 6.07 Å². The van der Waals surface area contributed by atoms with Crippen LogP contribution in [0.15, 0.2) is 12.1 Å². The van der Waals surface area contributed by atoms with Gasteiger partial charge in [0.05, 0.1) is 0 Å². The maximum absolute atomic E-state index is 14.4. The second-order valence-electron chi connectivity index (χ2n) is 6.58. The lowest BCUT2D eigenvalue weighted by atomic mass is 9.90. The Bertz CT molecular complexity index is 527. The first-order valence-electron chi connectivity index (χ1n) is 7.38. The van der Waals surface area contributed by atoms with Crippen molar-refractivity contribution in [1.82, 2.24) is 5.32 Å². The van der Waals surface area contributed by atoms with E-state index in [1.165, 1.54) is 25.0 Å². The zero-order chi connectivity index (χ0) is 14.5. The van der Waals surface area contributed by atoms with Crippen molar-refractivity contribution in [2.45, 2.75) is 45.2 Å². The Morgan fingerprint density at radius 3 is 2.65 bits per heavy atom. The molecule has 0 amide bonds. The van der Waals surface area contributed by atoms with Crippen molar-refractivity contribution in [3.8, 4) is 0 Å². The third-order valence-electron chi connectivity index (χ3n) is 4.86. The largest absolute Gasteiger partial charge is 0.361 e. The Labute approximate surface area is 119 Å². The second kappa shape index (κ2) is 4.69. The smallest absolute Gasteiger partial charge is 0.152 e. The third-order valence-corrected chi connectivity index (χ3v) is 4.86. The van der Waals surface area contributed by atoms with Crippen molar-refractivity contribution in [3.63, 3.8) is 0 Å². The molecule has 3 rings (SSSR count). The first-order valence-corrected chi connectivity index (χ1v) is 7.38. The van der Waals surface area contributed by atoms with E-state index in [1.807, 2.05) is 11.8 Å². The van der Waals surface area contributed by atoms with Crippen LogP contribution in [0.4, 0.5) is 14.5 Å². The Kier molecular flexibility index (Phi) is 3.24. The molecule has 1 aliphatic carbocycles. The van der Waals surface area contributed by atoms with Gasteiger partial charge in [0.15, 0.2) is 5.82 Å². The first kappa shape index (κ1) is 13.8. The topological polar surface area (TPSA) is 15.3 Å². The van der Waals surface area contributed by atoms with Gasteiger partial charge in [0, 0.05) is 24.7 Å². The molecule has 2 fully saturated rings. The highest BCUT2D eigenvalue weighted by atomic mass is 19.1. The van der Waals surface area contributed by atoms with Crippen LogP contribution in [-0.2, 0) is 0 Å². The zero-order valence-corrected chi connectivity index (χ0v) is 12.3. The number of aryl methyl sites for hydroxylation is 1. The van der Waals surface area contributed by atoms with E-state index < -0.39 is 11.6 Å². The molecule has 0 radical (unpaired) electrons. The van der Waals surface area contributed by atoms with E-state index >= 15 is 0 Å². The molecular formula is C16H22F2N2. The van der Waals surface area contributed by atoms with E-state index in [0.29, 0.717) is 18.0 Å². The van der Waals surface area contributed by atoms with E-state index in [1.54, 1.807) is 6.92 Å². The van der Waals surface area contributed by atoms with E-state index in [4.69, 9.17) is 0 Å². The lowest BCUT2D eigenvalue weighted by molar-refractivity contribution is 0.258. The molecule has 110 valence electrons. The zero-order valence-electron chi connectivity index (χ0n) is 12.3. The van der Waals surface area contributed by atoms with Crippen molar-refractivity contribution in [3.05, 3.63) is 29.3 Å². The maximum Gasteiger partial charge on any atom is 0.152 e. The predicted molar refractivity (Wildman–Crippen MR) is 77.0 cm³/mol. The van der Waals surface area contributed by atoms with Crippen molar-refractivity contribution in [2.24, 2.45) is 5.92 Å². The molecule has 20 heavy (non-hydrogen) atoms. The normalized spacial score (nSPS) is 30.6. The molecular weight excluding hydrogens is 258 g/mol. The number of hydrogen-bond donors (Lipinski definition) is 1. The Balaban J connectivity index is 1.97. The number of nitrogens with one attached hydrogen (secondary N) is 1. The molecule has 1 heterocycles. The molecule has 4 heteroatoms. The van der Waals surface area contributed by atoms with Gasteiger partial charge in [0.1, 0.15) is 11.5 Å². The predicted octanol–water partition coefficient (Wildman–Crippen LogP) is 3.24. The summed E-state index contributed by atoms with van der Waals surface area (Å²) in [6, 6.07) is 2.96. The SMILES string of the molecule is Cc1ccc(F)c(N2CC(C)(C3CC3)NCC2C)c1F. The van der Waals surface area contributed by atoms with Crippen LogP contribution in [0.5, 0.6) is 0 Å². The molecule has 1 saturated carbocycles. The van der Waals surface area contributed by atoms with Gasteiger partial charge in [0.2, 0.25) is 0 Å². The summed E-state index contributed by atoms with van der Waals surface area (Å²) in [5.41, 5.74) is 0.612. The molecule has 1 aromatic rings. The van der Waals surface area contributed by atoms with Crippen molar-refractivity contribution < 1.29 is 8.78 Å². The Hall–Kier alpha value is -1.16. The van der Waals surface area contributed by atoms with Crippen molar-refractivity contribution in [1.29, 1.82) is 0 Å². The minimum absolute atomic E-state index is 0.0326. The lowest BCUT2D eigenvalue weighted by Crippen LogP contribution is -2.63. The van der Waals surface area contributed by atoms with Gasteiger partial charge < -0.3 is 10.2 Å². The van der Waals surface area contributed by atoms with Crippen molar-refractivity contribution in [2.75, 3.05) is 18.0 Å². The molecule has 2 atom stereocenters. The average Bonchev–Trinajstić information content (AvgIpc) is 3.23. The van der Waals surface area contributed by atoms with Gasteiger partial charge in [-0.3, -0.25) is 0 Å². The lowest BCUT2D eigenvalue weighted by Gasteiger charge is -2.47. The van der Waals surface area contributed by atoms with E-state index in [0.717, 1.165) is 6.54 Å². The number of halogens is 2. The van der Waals surface area contributed by atoms with Crippen molar-refractivity contribution >= 4 is 5.69 Å². The fourth-order valence-electron chi connectivity index (χ4n) is 3.26. The molecule has 1 saturated heterocycles. The molecule has 1 aliphatic heterocycles. The number of nitrogens with zero attached hydrogens (tertiary/aromatic N) is 1. The van der Waals surface area contributed by atoms with Crippen LogP contribution >= 0.6 is 0 Å². The highest BCUT2D eigenvalue weighted by Crippen LogP contribution is 2.42. The summed E-state index contributed by atoms with van der Waals surface area (Å²) < 4.78 is 28.5. The molecule has 0 aromatic heterocycles. The second-order valence-corrected chi connectivity index (χ2v) is 6.58. The highest BCUT2D eigenvalue weighted by molar-refractivity contribution is 5.53. The van der Waals surface area contributed by atoms with Crippen LogP contribution in [0.3, 0.4) is 0 Å². The van der Waals surface area contributed by atoms with Gasteiger partial charge in [-0.25, -0.2) is 8.78 Å². The molecule has 1 aromatic carbocycles. The molecule has 2 nitrogen and oxygen atoms in total. The quantitative estimate of drug-likeness (QED) is 0.894. The third kappa shape index (κ3) is 2.20. The molecule has 2 unspecified atom stereocenters. The summed E-state index contributed by atoms with van der Waals surface area (Å²) in [6.45, 7) is 7.30. The van der Waals surface area contributed by atoms with Crippen LogP contribution in [0.25, 0.3) is 0 Å². The van der Waals surface area contributed by atoms with E-state index in [9.17, 15) is 8.78 Å². The van der Waals surface area contributed by atoms with Crippen LogP contribution in [0, 0.1) is 24.5 Å². The van der Waals surface area contributed by atoms with Crippen LogP contribution in [0.2, 0.25) is 0 Å². The summed E-state index contributed by atoms with van der Waals surface area (Å²) in [5, 5.41) is 3.57. The number of hydrogen-bond acceptors (Lipinski definition) is 2. The minimum atomic E-state index is -0.458. The van der Waals surface area contributed by atoms with Crippen LogP contribution in [-0.4, -0.2) is 24.7 Å². The number of piperazine rings is 1. The highest BCUT2D eigenvalue weighted by Gasteiger charge is 2.46. The van der Waals surface area contributed by atoms with E-state index in [-0.39, 0.29) is 17.3 Å². The fourth-order valence-corrected chi connectivity index (χ4v) is 3.26. The van der Waals surface area contributed by atoms with Gasteiger partial charge in [-0.2, -0.15) is 0 Å². The monoisotopic (exact) mass is 280 g/mol. The standard InChI is InChI=1S/C16H22F2N2/c1-10-4-7-13(17)15(14(10)18)20-9-16(3,12-5-6-12)19-8-11(20)2/h4,7,11-12,19H,5-6,8-9H2,1-3H3. The molecule has 0 spiro atoms. The summed E-state index contributed by atoms with van der Waals surface area (Å²) >= 11 is 0. The van der Waals surface area contributed by atoms with Gasteiger partial charge in [0.25, 0.3) is 0 Å². The van der Waals surface area contributed by atoms with Gasteiger partial charge >= 0.3 is 0 Å². The number of rotatable bonds is 2. The molecule has 0 bridgehead atoms. The summed E-state index contributed by atoms with van der Waals surface area (Å²) in [6.07, 6.45) is 2.43. The fraction of sp³-hybridized carbons (Fsp3) is 0.625. The summed E-state index contributed by atoms with van der Waals surface area (Å²) in [7, 11) is 0. The molecule has 1 N–H and O–H groups in total. The van der Waals surface area contributed by atoms with Crippen LogP contribution in [0.1, 0.15) is 32.3 Å². The summed E-state index contributed by atoms with van der Waals surface area (Å²) in [5.74, 6) is -0.245. The van der Waals surface area contributed by atoms with Gasteiger partial charge in [-0.15, -0.1) is 0 Å². The Morgan fingerprint density at radius 2 is 2.00 bits per heavy atom. The van der Waals surface area contributed by atoms with Crippen LogP contribution < -0.4 is 10.2 Å².